The van der Waals surface area contributed by atoms with E-state index < -0.39 is 0 Å². The fourth-order valence-corrected chi connectivity index (χ4v) is 2.38. The molecular weight excluding hydrogens is 238 g/mol. The molecule has 0 fully saturated rings. The van der Waals surface area contributed by atoms with Crippen molar-refractivity contribution in [1.82, 2.24) is 4.98 Å². The fourth-order valence-electron chi connectivity index (χ4n) is 2.38. The predicted molar refractivity (Wildman–Crippen MR) is 77.2 cm³/mol. The van der Waals surface area contributed by atoms with Crippen LogP contribution in [-0.2, 0) is 22.4 Å². The van der Waals surface area contributed by atoms with Gasteiger partial charge in [-0.3, -0.25) is 4.79 Å². The average molecular weight is 259 g/mol. The molecule has 0 radical (unpaired) electrons. The lowest BCUT2D eigenvalue weighted by Gasteiger charge is -2.04. The normalized spacial score (nSPS) is 10.8. The van der Waals surface area contributed by atoms with Gasteiger partial charge in [0, 0.05) is 16.6 Å². The van der Waals surface area contributed by atoms with Crippen LogP contribution in [0.25, 0.3) is 10.9 Å². The summed E-state index contributed by atoms with van der Waals surface area (Å²) in [7, 11) is 0. The minimum atomic E-state index is -0.148. The lowest BCUT2D eigenvalue weighted by molar-refractivity contribution is -0.142. The lowest BCUT2D eigenvalue weighted by Crippen LogP contribution is -2.08. The van der Waals surface area contributed by atoms with Gasteiger partial charge in [-0.15, -0.1) is 0 Å². The van der Waals surface area contributed by atoms with E-state index in [9.17, 15) is 4.79 Å². The molecule has 0 saturated carbocycles. The molecule has 0 saturated heterocycles. The maximum atomic E-state index is 11.7. The first-order valence-electron chi connectivity index (χ1n) is 7.00. The molecular formula is C16H21NO2. The number of benzene rings is 1. The van der Waals surface area contributed by atoms with Gasteiger partial charge in [0.1, 0.15) is 0 Å². The third-order valence-electron chi connectivity index (χ3n) is 3.31. The molecule has 1 aromatic carbocycles. The number of carbonyl (C=O) groups excluding carboxylic acids is 1. The molecule has 0 unspecified atom stereocenters. The number of aromatic amines is 1. The Kier molecular flexibility index (Phi) is 4.61. The summed E-state index contributed by atoms with van der Waals surface area (Å²) < 4.78 is 5.07. The molecule has 3 nitrogen and oxygen atoms in total. The van der Waals surface area contributed by atoms with E-state index in [2.05, 4.69) is 24.0 Å². The van der Waals surface area contributed by atoms with Crippen LogP contribution in [0.1, 0.15) is 37.9 Å². The molecule has 1 aromatic heterocycles. The van der Waals surface area contributed by atoms with Gasteiger partial charge in [-0.25, -0.2) is 0 Å². The number of unbranched alkanes of at least 4 members (excludes halogenated alkanes) is 1. The Morgan fingerprint density at radius 2 is 2.05 bits per heavy atom. The second kappa shape index (κ2) is 6.41. The molecule has 3 heteroatoms. The number of hydrogen-bond donors (Lipinski definition) is 1. The van der Waals surface area contributed by atoms with E-state index in [4.69, 9.17) is 4.74 Å². The van der Waals surface area contributed by atoms with Crippen LogP contribution in [0.4, 0.5) is 0 Å². The van der Waals surface area contributed by atoms with Gasteiger partial charge in [0.05, 0.1) is 13.0 Å². The van der Waals surface area contributed by atoms with Crippen LogP contribution in [0.5, 0.6) is 0 Å². The highest BCUT2D eigenvalue weighted by molar-refractivity contribution is 5.88. The molecule has 1 heterocycles. The van der Waals surface area contributed by atoms with Crippen LogP contribution >= 0.6 is 0 Å². The highest BCUT2D eigenvalue weighted by Gasteiger charge is 2.14. The summed E-state index contributed by atoms with van der Waals surface area (Å²) in [6, 6.07) is 8.14. The van der Waals surface area contributed by atoms with Gasteiger partial charge in [-0.1, -0.05) is 31.5 Å². The van der Waals surface area contributed by atoms with E-state index in [0.717, 1.165) is 35.7 Å². The van der Waals surface area contributed by atoms with Crippen molar-refractivity contribution in [3.8, 4) is 0 Å². The quantitative estimate of drug-likeness (QED) is 0.805. The molecule has 1 N–H and O–H groups in total. The second-order valence-corrected chi connectivity index (χ2v) is 4.71. The van der Waals surface area contributed by atoms with Crippen molar-refractivity contribution < 1.29 is 9.53 Å². The number of nitrogens with one attached hydrogen (secondary N) is 1. The number of esters is 1. The standard InChI is InChI=1S/C16H21NO2/c1-3-5-9-15-13(11-16(18)19-4-2)12-8-6-7-10-14(12)17-15/h6-8,10,17H,3-5,9,11H2,1-2H3. The van der Waals surface area contributed by atoms with Gasteiger partial charge in [0.25, 0.3) is 0 Å². The van der Waals surface area contributed by atoms with E-state index in [-0.39, 0.29) is 5.97 Å². The smallest absolute Gasteiger partial charge is 0.310 e. The lowest BCUT2D eigenvalue weighted by atomic mass is 10.0. The van der Waals surface area contributed by atoms with Crippen molar-refractivity contribution >= 4 is 16.9 Å². The molecule has 0 amide bonds. The van der Waals surface area contributed by atoms with Crippen LogP contribution in [-0.4, -0.2) is 17.6 Å². The Morgan fingerprint density at radius 1 is 1.26 bits per heavy atom. The number of H-pyrrole nitrogens is 1. The number of aryl methyl sites for hydroxylation is 1. The number of para-hydroxylation sites is 1. The summed E-state index contributed by atoms with van der Waals surface area (Å²) in [4.78, 5) is 15.2. The van der Waals surface area contributed by atoms with Gasteiger partial charge in [-0.2, -0.15) is 0 Å². The number of aromatic nitrogens is 1. The Balaban J connectivity index is 2.33. The minimum Gasteiger partial charge on any atom is -0.466 e. The SMILES string of the molecule is CCCCc1[nH]c2ccccc2c1CC(=O)OCC. The Labute approximate surface area is 114 Å². The topological polar surface area (TPSA) is 42.1 Å². The molecule has 19 heavy (non-hydrogen) atoms. The largest absolute Gasteiger partial charge is 0.466 e. The van der Waals surface area contributed by atoms with E-state index in [1.807, 2.05) is 19.1 Å². The summed E-state index contributed by atoms with van der Waals surface area (Å²) in [6.07, 6.45) is 3.62. The summed E-state index contributed by atoms with van der Waals surface area (Å²) in [5.74, 6) is -0.148. The zero-order valence-corrected chi connectivity index (χ0v) is 11.7. The molecule has 0 spiro atoms. The number of carbonyl (C=O) groups is 1. The van der Waals surface area contributed by atoms with Crippen LogP contribution in [0, 0.1) is 0 Å². The van der Waals surface area contributed by atoms with Gasteiger partial charge in [0.15, 0.2) is 0 Å². The Morgan fingerprint density at radius 3 is 2.79 bits per heavy atom. The molecule has 102 valence electrons. The van der Waals surface area contributed by atoms with E-state index in [0.29, 0.717) is 13.0 Å². The predicted octanol–water partition coefficient (Wildman–Crippen LogP) is 3.62. The first-order valence-corrected chi connectivity index (χ1v) is 7.00. The third kappa shape index (κ3) is 3.16. The van der Waals surface area contributed by atoms with Crippen molar-refractivity contribution in [1.29, 1.82) is 0 Å². The Hall–Kier alpha value is -1.77. The first-order chi connectivity index (χ1) is 9.26. The number of hydrogen-bond acceptors (Lipinski definition) is 2. The van der Waals surface area contributed by atoms with Crippen molar-refractivity contribution in [3.05, 3.63) is 35.5 Å². The molecule has 2 rings (SSSR count). The maximum Gasteiger partial charge on any atom is 0.310 e. The zero-order chi connectivity index (χ0) is 13.7. The molecule has 2 aromatic rings. The van der Waals surface area contributed by atoms with Crippen LogP contribution in [0.3, 0.4) is 0 Å². The van der Waals surface area contributed by atoms with Crippen molar-refractivity contribution in [2.45, 2.75) is 39.5 Å². The molecule has 0 bridgehead atoms. The first kappa shape index (κ1) is 13.7. The Bertz CT molecular complexity index is 557. The number of fused-ring (bicyclic) bond motifs is 1. The fraction of sp³-hybridized carbons (Fsp3) is 0.438. The number of rotatable bonds is 6. The monoisotopic (exact) mass is 259 g/mol. The highest BCUT2D eigenvalue weighted by Crippen LogP contribution is 2.24. The van der Waals surface area contributed by atoms with Gasteiger partial charge in [-0.05, 0) is 31.4 Å². The molecule has 0 aliphatic rings. The van der Waals surface area contributed by atoms with Crippen LogP contribution in [0.15, 0.2) is 24.3 Å². The molecule has 0 aliphatic heterocycles. The van der Waals surface area contributed by atoms with Crippen molar-refractivity contribution in [2.75, 3.05) is 6.61 Å². The zero-order valence-electron chi connectivity index (χ0n) is 11.7. The second-order valence-electron chi connectivity index (χ2n) is 4.71. The summed E-state index contributed by atoms with van der Waals surface area (Å²) in [6.45, 7) is 4.45. The summed E-state index contributed by atoms with van der Waals surface area (Å²) in [5.41, 5.74) is 3.38. The van der Waals surface area contributed by atoms with Crippen molar-refractivity contribution in [3.63, 3.8) is 0 Å². The van der Waals surface area contributed by atoms with Gasteiger partial charge in [0.2, 0.25) is 0 Å². The minimum absolute atomic E-state index is 0.148. The molecule has 0 atom stereocenters. The van der Waals surface area contributed by atoms with Crippen molar-refractivity contribution in [2.24, 2.45) is 0 Å². The average Bonchev–Trinajstić information content (AvgIpc) is 2.75. The van der Waals surface area contributed by atoms with Gasteiger partial charge < -0.3 is 9.72 Å². The third-order valence-corrected chi connectivity index (χ3v) is 3.31. The summed E-state index contributed by atoms with van der Waals surface area (Å²) in [5, 5.41) is 1.14. The maximum absolute atomic E-state index is 11.7. The van der Waals surface area contributed by atoms with Crippen LogP contribution < -0.4 is 0 Å². The van der Waals surface area contributed by atoms with E-state index >= 15 is 0 Å². The number of ether oxygens (including phenoxy) is 1. The summed E-state index contributed by atoms with van der Waals surface area (Å²) >= 11 is 0. The van der Waals surface area contributed by atoms with Crippen LogP contribution in [0.2, 0.25) is 0 Å². The van der Waals surface area contributed by atoms with E-state index in [1.54, 1.807) is 0 Å². The molecule has 0 aliphatic carbocycles. The van der Waals surface area contributed by atoms with Gasteiger partial charge >= 0.3 is 5.97 Å². The van der Waals surface area contributed by atoms with E-state index in [1.165, 1.54) is 5.69 Å². The highest BCUT2D eigenvalue weighted by atomic mass is 16.5.